The molecule has 6 saturated heterocycles. The van der Waals surface area contributed by atoms with Crippen LogP contribution in [-0.4, -0.2) is 180 Å². The molecule has 2 aromatic heterocycles. The third-order valence-electron chi connectivity index (χ3n) is 17.7. The Morgan fingerprint density at radius 1 is 0.667 bits per heavy atom. The molecule has 5 aromatic carbocycles. The second kappa shape index (κ2) is 19.9. The van der Waals surface area contributed by atoms with Crippen LogP contribution < -0.4 is 19.6 Å². The average Bonchev–Trinajstić information content (AvgIpc) is 4.18. The lowest BCUT2D eigenvalue weighted by atomic mass is 9.79. The highest BCUT2D eigenvalue weighted by Crippen LogP contribution is 2.49. The molecule has 0 aliphatic carbocycles. The molecule has 418 valence electrons. The van der Waals surface area contributed by atoms with E-state index >= 15 is 13.2 Å². The number of likely N-dealkylation sites (tertiary alicyclic amines) is 2. The van der Waals surface area contributed by atoms with Crippen molar-refractivity contribution in [2.45, 2.75) is 24.9 Å². The second-order valence-electron chi connectivity index (χ2n) is 23.3. The molecule has 0 atom stereocenters. The number of phenols is 2. The first-order valence-corrected chi connectivity index (χ1v) is 28.0. The maximum absolute atomic E-state index is 17.3. The normalized spacial score (nSPS) is 18.8. The molecule has 6 aliphatic heterocycles. The lowest BCUT2D eigenvalue weighted by molar-refractivity contribution is -0.137. The van der Waals surface area contributed by atoms with Crippen LogP contribution in [-0.2, 0) is 9.59 Å². The fourth-order valence-electron chi connectivity index (χ4n) is 13.0. The molecule has 16 nitrogen and oxygen atoms in total. The molecule has 2 N–H and O–H groups in total. The third kappa shape index (κ3) is 9.07. The van der Waals surface area contributed by atoms with E-state index in [9.17, 15) is 19.8 Å². The van der Waals surface area contributed by atoms with Gasteiger partial charge in [0, 0.05) is 136 Å². The SMILES string of the molecule is C=CC(=O)N1CC2(CCN(c3nc(N4CC(N(C)C/C=C\C(=O)N5CC6(CCN(c7nc(N8CC(N(C)C)C8)nc8c(F)c(-c9cc(O)cc%10ccccc9%10)c(Cl)cc78)C6)C5)C4)nc4c(F)c(-c5c(O)cccc5F)c(Cl)cc34)C2)C1. The standard InChI is InChI=1S/C60H59Cl2F3N12O4/c1-5-46(80)76-30-59(31-76)15-18-72(28-59)56-41-23-43(62)49(50-44(63)12-8-13-45(50)79)52(65)54(41)67-58(69-56)75-26-36(27-75)71(4)17-9-14-47(81)77-32-60(33-77)16-19-73(29-60)55-40-22-42(61)48(39-21-37(78)20-34-10-6-7-11-38(34)39)51(64)53(40)66-57(68-55)74-24-35(25-74)70(2)3/h5-14,20-23,35-36,78-79H,1,15-19,24-33H2,2-4H3/b14-9-. The van der Waals surface area contributed by atoms with Crippen molar-refractivity contribution in [3.8, 4) is 33.8 Å². The van der Waals surface area contributed by atoms with Gasteiger partial charge in [0.2, 0.25) is 23.7 Å². The number of aromatic hydroxyl groups is 2. The van der Waals surface area contributed by atoms with Crippen molar-refractivity contribution in [1.29, 1.82) is 0 Å². The highest BCUT2D eigenvalue weighted by atomic mass is 35.5. The molecular weight excluding hydrogens is 1080 g/mol. The molecule has 2 amide bonds. The van der Waals surface area contributed by atoms with Crippen molar-refractivity contribution >= 4 is 91.1 Å². The second-order valence-corrected chi connectivity index (χ2v) is 24.1. The van der Waals surface area contributed by atoms with Gasteiger partial charge in [-0.3, -0.25) is 14.5 Å². The maximum atomic E-state index is 17.3. The van der Waals surface area contributed by atoms with Gasteiger partial charge in [0.1, 0.15) is 40.0 Å². The molecule has 0 saturated carbocycles. The topological polar surface area (TPSA) is 152 Å². The van der Waals surface area contributed by atoms with E-state index in [4.69, 9.17) is 43.1 Å². The van der Waals surface area contributed by atoms with E-state index in [0.29, 0.717) is 131 Å². The molecular formula is C60H59Cl2F3N12O4. The molecule has 2 spiro atoms. The maximum Gasteiger partial charge on any atom is 0.246 e. The number of carbonyl (C=O) groups excluding carboxylic acids is 2. The van der Waals surface area contributed by atoms with Crippen LogP contribution in [0.4, 0.5) is 36.7 Å². The summed E-state index contributed by atoms with van der Waals surface area (Å²) in [7, 11) is 6.04. The average molecular weight is 1140 g/mol. The Kier molecular flexibility index (Phi) is 13.0. The summed E-state index contributed by atoms with van der Waals surface area (Å²) in [5.74, 6) is -1.16. The first kappa shape index (κ1) is 52.9. The lowest BCUT2D eigenvalue weighted by Gasteiger charge is -2.47. The Hall–Kier alpha value is -7.45. The Morgan fingerprint density at radius 2 is 1.22 bits per heavy atom. The number of phenolic OH excluding ortho intramolecular Hbond substituents is 2. The van der Waals surface area contributed by atoms with Gasteiger partial charge in [-0.05, 0) is 92.8 Å². The number of nitrogens with zero attached hydrogens (tertiary/aromatic N) is 12. The minimum atomic E-state index is -0.878. The quantitative estimate of drug-likeness (QED) is 0.112. The molecule has 7 aromatic rings. The number of hydrogen-bond acceptors (Lipinski definition) is 14. The molecule has 21 heteroatoms. The number of hydrogen-bond donors (Lipinski definition) is 2. The van der Waals surface area contributed by atoms with E-state index < -0.39 is 23.2 Å². The Bertz CT molecular complexity index is 3790. The van der Waals surface area contributed by atoms with E-state index in [2.05, 4.69) is 31.1 Å². The van der Waals surface area contributed by atoms with Gasteiger partial charge in [-0.2, -0.15) is 9.97 Å². The molecule has 0 unspecified atom stereocenters. The first-order valence-electron chi connectivity index (χ1n) is 27.2. The Labute approximate surface area is 475 Å². The summed E-state index contributed by atoms with van der Waals surface area (Å²) in [6.45, 7) is 11.2. The number of anilines is 4. The number of aromatic nitrogens is 4. The molecule has 8 heterocycles. The molecule has 6 aliphatic rings. The van der Waals surface area contributed by atoms with Crippen LogP contribution in [0.5, 0.6) is 11.5 Å². The zero-order valence-electron chi connectivity index (χ0n) is 45.0. The summed E-state index contributed by atoms with van der Waals surface area (Å²) >= 11 is 13.8. The molecule has 81 heavy (non-hydrogen) atoms. The predicted molar refractivity (Wildman–Crippen MR) is 310 cm³/mol. The molecule has 6 fully saturated rings. The number of amides is 2. The smallest absolute Gasteiger partial charge is 0.246 e. The van der Waals surface area contributed by atoms with Crippen LogP contribution in [0.25, 0.3) is 54.8 Å². The van der Waals surface area contributed by atoms with E-state index in [-0.39, 0.29) is 72.2 Å². The summed E-state index contributed by atoms with van der Waals surface area (Å²) in [6.07, 6.45) is 6.41. The Morgan fingerprint density at radius 3 is 1.80 bits per heavy atom. The van der Waals surface area contributed by atoms with Gasteiger partial charge in [0.25, 0.3) is 0 Å². The zero-order valence-corrected chi connectivity index (χ0v) is 46.5. The highest BCUT2D eigenvalue weighted by molar-refractivity contribution is 6.35. The number of likely N-dealkylation sites (N-methyl/N-ethyl adjacent to an activating group) is 2. The highest BCUT2D eigenvalue weighted by Gasteiger charge is 2.51. The Balaban J connectivity index is 0.685. The van der Waals surface area contributed by atoms with E-state index in [0.717, 1.165) is 29.7 Å². The van der Waals surface area contributed by atoms with Crippen molar-refractivity contribution < 1.29 is 33.0 Å². The summed E-state index contributed by atoms with van der Waals surface area (Å²) < 4.78 is 49.4. The summed E-state index contributed by atoms with van der Waals surface area (Å²) in [5.41, 5.74) is -0.259. The molecule has 0 bridgehead atoms. The minimum absolute atomic E-state index is 0.00190. The van der Waals surface area contributed by atoms with Gasteiger partial charge in [-0.25, -0.2) is 23.1 Å². The van der Waals surface area contributed by atoms with E-state index in [1.807, 2.05) is 61.3 Å². The van der Waals surface area contributed by atoms with E-state index in [1.54, 1.807) is 23.1 Å². The van der Waals surface area contributed by atoms with Gasteiger partial charge in [0.15, 0.2) is 11.6 Å². The van der Waals surface area contributed by atoms with Crippen molar-refractivity contribution in [2.75, 3.05) is 126 Å². The number of rotatable bonds is 12. The van der Waals surface area contributed by atoms with Gasteiger partial charge in [-0.15, -0.1) is 0 Å². The summed E-state index contributed by atoms with van der Waals surface area (Å²) in [4.78, 5) is 61.9. The summed E-state index contributed by atoms with van der Waals surface area (Å²) in [6, 6.07) is 18.0. The fraction of sp³-hybridized carbons (Fsp3) is 0.367. The van der Waals surface area contributed by atoms with Gasteiger partial charge in [0.05, 0.1) is 15.6 Å². The van der Waals surface area contributed by atoms with Crippen molar-refractivity contribution in [3.63, 3.8) is 0 Å². The van der Waals surface area contributed by atoms with Crippen molar-refractivity contribution in [3.05, 3.63) is 119 Å². The van der Waals surface area contributed by atoms with Gasteiger partial charge < -0.3 is 44.5 Å². The van der Waals surface area contributed by atoms with Crippen LogP contribution in [0.1, 0.15) is 12.8 Å². The number of fused-ring (bicyclic) bond motifs is 3. The number of benzene rings is 5. The van der Waals surface area contributed by atoms with Crippen LogP contribution in [0.15, 0.2) is 91.5 Å². The van der Waals surface area contributed by atoms with Crippen molar-refractivity contribution in [1.82, 2.24) is 39.5 Å². The minimum Gasteiger partial charge on any atom is -0.508 e. The largest absolute Gasteiger partial charge is 0.508 e. The van der Waals surface area contributed by atoms with Gasteiger partial charge >= 0.3 is 0 Å². The molecule has 13 rings (SSSR count). The van der Waals surface area contributed by atoms with Crippen LogP contribution in [0.3, 0.4) is 0 Å². The zero-order chi connectivity index (χ0) is 56.4. The van der Waals surface area contributed by atoms with Crippen LogP contribution in [0, 0.1) is 28.3 Å². The van der Waals surface area contributed by atoms with Crippen molar-refractivity contribution in [2.24, 2.45) is 10.8 Å². The fourth-order valence-corrected chi connectivity index (χ4v) is 13.6. The molecule has 0 radical (unpaired) electrons. The van der Waals surface area contributed by atoms with Crippen LogP contribution in [0.2, 0.25) is 10.0 Å². The number of halogens is 5. The first-order chi connectivity index (χ1) is 38.9. The third-order valence-corrected chi connectivity index (χ3v) is 18.3. The van der Waals surface area contributed by atoms with Gasteiger partial charge in [-0.1, -0.05) is 66.2 Å². The predicted octanol–water partition coefficient (Wildman–Crippen LogP) is 8.59. The number of carbonyl (C=O) groups is 2. The lowest BCUT2D eigenvalue weighted by Crippen LogP contribution is -2.59. The summed E-state index contributed by atoms with van der Waals surface area (Å²) in [5, 5.41) is 23.8. The van der Waals surface area contributed by atoms with E-state index in [1.165, 1.54) is 30.3 Å². The monoisotopic (exact) mass is 1140 g/mol. The van der Waals surface area contributed by atoms with Crippen LogP contribution >= 0.6 is 23.2 Å².